The molecule has 0 spiro atoms. The van der Waals surface area contributed by atoms with E-state index in [9.17, 15) is 5.11 Å². The van der Waals surface area contributed by atoms with E-state index < -0.39 is 5.60 Å². The van der Waals surface area contributed by atoms with Crippen LogP contribution in [-0.2, 0) is 10.3 Å². The molecule has 3 rings (SSSR count). The molecule has 3 heterocycles. The number of hydrogen-bond acceptors (Lipinski definition) is 3. The Morgan fingerprint density at radius 1 is 1.43 bits per heavy atom. The van der Waals surface area contributed by atoms with E-state index in [1.165, 1.54) is 0 Å². The Bertz CT molecular complexity index is 474. The molecule has 0 saturated carbocycles. The first-order valence-electron chi connectivity index (χ1n) is 4.51. The van der Waals surface area contributed by atoms with Gasteiger partial charge in [-0.2, -0.15) is 0 Å². The van der Waals surface area contributed by atoms with E-state index in [0.717, 1.165) is 11.2 Å². The number of hydrogen-bond donors (Lipinski definition) is 1. The standard InChI is InChI=1S/C10H10N2O2/c13-10(6-14-7-10)8-1-3-12-4-2-11-9(12)5-8/h1-5,13H,6-7H2. The van der Waals surface area contributed by atoms with Gasteiger partial charge in [-0.15, -0.1) is 0 Å². The molecule has 1 fully saturated rings. The van der Waals surface area contributed by atoms with Crippen molar-refractivity contribution < 1.29 is 9.84 Å². The molecule has 0 bridgehead atoms. The Morgan fingerprint density at radius 2 is 2.29 bits per heavy atom. The minimum absolute atomic E-state index is 0.379. The molecule has 0 unspecified atom stereocenters. The number of rotatable bonds is 1. The van der Waals surface area contributed by atoms with Crippen LogP contribution in [0.25, 0.3) is 5.65 Å². The molecule has 2 aromatic heterocycles. The summed E-state index contributed by atoms with van der Waals surface area (Å²) in [4.78, 5) is 4.16. The Balaban J connectivity index is 2.13. The maximum atomic E-state index is 10.0. The summed E-state index contributed by atoms with van der Waals surface area (Å²) in [5.74, 6) is 0. The van der Waals surface area contributed by atoms with Gasteiger partial charge in [0.2, 0.25) is 0 Å². The van der Waals surface area contributed by atoms with Crippen LogP contribution >= 0.6 is 0 Å². The lowest BCUT2D eigenvalue weighted by Crippen LogP contribution is -2.46. The first kappa shape index (κ1) is 7.96. The van der Waals surface area contributed by atoms with Crippen LogP contribution in [-0.4, -0.2) is 27.7 Å². The summed E-state index contributed by atoms with van der Waals surface area (Å²) in [6.45, 7) is 0.758. The quantitative estimate of drug-likeness (QED) is 0.714. The monoisotopic (exact) mass is 190 g/mol. The summed E-state index contributed by atoms with van der Waals surface area (Å²) in [5.41, 5.74) is 0.929. The minimum atomic E-state index is -0.798. The average Bonchev–Trinajstić information content (AvgIpc) is 2.60. The van der Waals surface area contributed by atoms with E-state index in [-0.39, 0.29) is 0 Å². The number of nitrogens with zero attached hydrogens (tertiary/aromatic N) is 2. The highest BCUT2D eigenvalue weighted by molar-refractivity contribution is 5.43. The van der Waals surface area contributed by atoms with Crippen LogP contribution in [0.5, 0.6) is 0 Å². The van der Waals surface area contributed by atoms with Gasteiger partial charge in [-0.05, 0) is 17.7 Å². The average molecular weight is 190 g/mol. The fraction of sp³-hybridized carbons (Fsp3) is 0.300. The van der Waals surface area contributed by atoms with Crippen molar-refractivity contribution in [1.82, 2.24) is 9.38 Å². The first-order valence-corrected chi connectivity index (χ1v) is 4.51. The number of aromatic nitrogens is 2. The Kier molecular flexibility index (Phi) is 1.45. The van der Waals surface area contributed by atoms with Gasteiger partial charge < -0.3 is 14.2 Å². The van der Waals surface area contributed by atoms with Crippen LogP contribution in [0.3, 0.4) is 0 Å². The summed E-state index contributed by atoms with van der Waals surface area (Å²) in [7, 11) is 0. The van der Waals surface area contributed by atoms with Crippen LogP contribution in [0.1, 0.15) is 5.56 Å². The van der Waals surface area contributed by atoms with Crippen LogP contribution in [0, 0.1) is 0 Å². The molecular formula is C10H10N2O2. The molecule has 0 atom stereocenters. The molecule has 14 heavy (non-hydrogen) atoms. The fourth-order valence-electron chi connectivity index (χ4n) is 1.66. The van der Waals surface area contributed by atoms with E-state index in [1.54, 1.807) is 6.20 Å². The van der Waals surface area contributed by atoms with Crippen molar-refractivity contribution in [2.75, 3.05) is 13.2 Å². The van der Waals surface area contributed by atoms with Crippen molar-refractivity contribution in [1.29, 1.82) is 0 Å². The van der Waals surface area contributed by atoms with Crippen molar-refractivity contribution >= 4 is 5.65 Å². The maximum Gasteiger partial charge on any atom is 0.137 e. The highest BCUT2D eigenvalue weighted by Gasteiger charge is 2.38. The number of imidazole rings is 1. The normalized spacial score (nSPS) is 19.5. The second-order valence-electron chi connectivity index (χ2n) is 3.63. The van der Waals surface area contributed by atoms with Gasteiger partial charge in [-0.25, -0.2) is 4.98 Å². The molecule has 1 N–H and O–H groups in total. The third-order valence-corrected chi connectivity index (χ3v) is 2.62. The molecule has 1 saturated heterocycles. The zero-order valence-corrected chi connectivity index (χ0v) is 7.55. The lowest BCUT2D eigenvalue weighted by molar-refractivity contribution is -0.184. The molecule has 0 aromatic carbocycles. The van der Waals surface area contributed by atoms with Crippen LogP contribution in [0.15, 0.2) is 30.7 Å². The van der Waals surface area contributed by atoms with Crippen molar-refractivity contribution in [2.24, 2.45) is 0 Å². The lowest BCUT2D eigenvalue weighted by Gasteiger charge is -2.36. The molecule has 0 aliphatic carbocycles. The van der Waals surface area contributed by atoms with E-state index >= 15 is 0 Å². The third-order valence-electron chi connectivity index (χ3n) is 2.62. The van der Waals surface area contributed by atoms with Gasteiger partial charge in [0.25, 0.3) is 0 Å². The molecule has 0 radical (unpaired) electrons. The third kappa shape index (κ3) is 0.981. The molecule has 2 aromatic rings. The van der Waals surface area contributed by atoms with Crippen molar-refractivity contribution in [3.63, 3.8) is 0 Å². The van der Waals surface area contributed by atoms with Crippen molar-refractivity contribution in [3.8, 4) is 0 Å². The van der Waals surface area contributed by atoms with E-state index in [4.69, 9.17) is 4.74 Å². The predicted octanol–water partition coefficient (Wildman–Crippen LogP) is 0.552. The first-order chi connectivity index (χ1) is 6.78. The van der Waals surface area contributed by atoms with Crippen molar-refractivity contribution in [2.45, 2.75) is 5.60 Å². The molecule has 1 aliphatic rings. The molecule has 72 valence electrons. The lowest BCUT2D eigenvalue weighted by atomic mass is 9.93. The summed E-state index contributed by atoms with van der Waals surface area (Å²) in [6.07, 6.45) is 5.51. The highest BCUT2D eigenvalue weighted by atomic mass is 16.5. The largest absolute Gasteiger partial charge is 0.380 e. The zero-order valence-electron chi connectivity index (χ0n) is 7.55. The van der Waals surface area contributed by atoms with E-state index in [2.05, 4.69) is 4.98 Å². The molecule has 4 nitrogen and oxygen atoms in total. The zero-order chi connectivity index (χ0) is 9.60. The number of pyridine rings is 1. The summed E-state index contributed by atoms with van der Waals surface area (Å²) in [5, 5.41) is 10.0. The van der Waals surface area contributed by atoms with Crippen molar-refractivity contribution in [3.05, 3.63) is 36.3 Å². The van der Waals surface area contributed by atoms with Gasteiger partial charge in [0.1, 0.15) is 11.2 Å². The van der Waals surface area contributed by atoms with Crippen LogP contribution < -0.4 is 0 Å². The second-order valence-corrected chi connectivity index (χ2v) is 3.63. The van der Waals surface area contributed by atoms with Crippen LogP contribution in [0.2, 0.25) is 0 Å². The number of ether oxygens (including phenoxy) is 1. The summed E-state index contributed by atoms with van der Waals surface area (Å²) >= 11 is 0. The van der Waals surface area contributed by atoms with E-state index in [1.807, 2.05) is 28.9 Å². The topological polar surface area (TPSA) is 46.8 Å². The minimum Gasteiger partial charge on any atom is -0.380 e. The Labute approximate surface area is 80.8 Å². The number of aliphatic hydroxyl groups is 1. The van der Waals surface area contributed by atoms with Gasteiger partial charge >= 0.3 is 0 Å². The van der Waals surface area contributed by atoms with Crippen LogP contribution in [0.4, 0.5) is 0 Å². The maximum absolute atomic E-state index is 10.0. The van der Waals surface area contributed by atoms with Gasteiger partial charge in [-0.3, -0.25) is 0 Å². The van der Waals surface area contributed by atoms with Gasteiger partial charge in [-0.1, -0.05) is 0 Å². The second kappa shape index (κ2) is 2.56. The summed E-state index contributed by atoms with van der Waals surface area (Å²) in [6, 6.07) is 3.79. The predicted molar refractivity (Wildman–Crippen MR) is 49.9 cm³/mol. The van der Waals surface area contributed by atoms with Gasteiger partial charge in [0, 0.05) is 18.6 Å². The molecule has 4 heteroatoms. The molecule has 0 amide bonds. The number of fused-ring (bicyclic) bond motifs is 1. The Morgan fingerprint density at radius 3 is 3.00 bits per heavy atom. The fourth-order valence-corrected chi connectivity index (χ4v) is 1.66. The Hall–Kier alpha value is -1.39. The smallest absolute Gasteiger partial charge is 0.137 e. The molecule has 1 aliphatic heterocycles. The van der Waals surface area contributed by atoms with Gasteiger partial charge in [0.05, 0.1) is 13.2 Å². The molecular weight excluding hydrogens is 180 g/mol. The SMILES string of the molecule is OC1(c2ccn3ccnc3c2)COC1. The van der Waals surface area contributed by atoms with E-state index in [0.29, 0.717) is 13.2 Å². The van der Waals surface area contributed by atoms with Gasteiger partial charge in [0.15, 0.2) is 0 Å². The highest BCUT2D eigenvalue weighted by Crippen LogP contribution is 2.29. The summed E-state index contributed by atoms with van der Waals surface area (Å²) < 4.78 is 6.92.